The first-order valence-electron chi connectivity index (χ1n) is 9.36. The molecule has 0 radical (unpaired) electrons. The van der Waals surface area contributed by atoms with Crippen LogP contribution in [0.2, 0.25) is 0 Å². The van der Waals surface area contributed by atoms with E-state index < -0.39 is 5.54 Å². The van der Waals surface area contributed by atoms with Gasteiger partial charge in [0.2, 0.25) is 0 Å². The first-order chi connectivity index (χ1) is 13.9. The molecule has 0 spiro atoms. The minimum atomic E-state index is -0.593. The quantitative estimate of drug-likeness (QED) is 0.408. The molecule has 0 aliphatic rings. The van der Waals surface area contributed by atoms with Crippen LogP contribution >= 0.6 is 0 Å². The van der Waals surface area contributed by atoms with Crippen LogP contribution in [0, 0.1) is 0 Å². The first-order valence-corrected chi connectivity index (χ1v) is 9.36. The van der Waals surface area contributed by atoms with E-state index in [2.05, 4.69) is 94.7 Å². The molecule has 134 valence electrons. The third kappa shape index (κ3) is 2.52. The van der Waals surface area contributed by atoms with Gasteiger partial charge in [0.25, 0.3) is 0 Å². The van der Waals surface area contributed by atoms with Crippen molar-refractivity contribution >= 4 is 11.0 Å². The number of rotatable bonds is 4. The van der Waals surface area contributed by atoms with Crippen LogP contribution in [0.1, 0.15) is 16.7 Å². The van der Waals surface area contributed by atoms with Crippen LogP contribution in [0.25, 0.3) is 11.0 Å². The Morgan fingerprint density at radius 1 is 0.571 bits per heavy atom. The molecule has 3 aromatic carbocycles. The van der Waals surface area contributed by atoms with Gasteiger partial charge >= 0.3 is 0 Å². The van der Waals surface area contributed by atoms with Crippen molar-refractivity contribution in [1.29, 1.82) is 0 Å². The molecule has 5 rings (SSSR count). The Hall–Kier alpha value is -3.72. The summed E-state index contributed by atoms with van der Waals surface area (Å²) in [6.07, 6.45) is 3.88. The SMILES string of the molecule is c1ccc(C(c2ccccc2)(c2ccccc2)n2cc3cccnc3n2)cc1. The predicted octanol–water partition coefficient (Wildman–Crippen LogP) is 5.27. The van der Waals surface area contributed by atoms with Crippen molar-refractivity contribution < 1.29 is 0 Å². The largest absolute Gasteiger partial charge is 0.250 e. The van der Waals surface area contributed by atoms with E-state index in [0.717, 1.165) is 27.7 Å². The zero-order chi connectivity index (χ0) is 18.8. The molecule has 2 aromatic heterocycles. The number of benzene rings is 3. The Morgan fingerprint density at radius 2 is 1.07 bits per heavy atom. The predicted molar refractivity (Wildman–Crippen MR) is 112 cm³/mol. The molecule has 0 bridgehead atoms. The molecule has 0 saturated carbocycles. The molecule has 0 fully saturated rings. The molecule has 0 N–H and O–H groups in total. The van der Waals surface area contributed by atoms with Gasteiger partial charge in [-0.3, -0.25) is 4.68 Å². The van der Waals surface area contributed by atoms with E-state index in [0.29, 0.717) is 0 Å². The van der Waals surface area contributed by atoms with Crippen LogP contribution in [0.4, 0.5) is 0 Å². The zero-order valence-corrected chi connectivity index (χ0v) is 15.3. The average Bonchev–Trinajstić information content (AvgIpc) is 3.21. The summed E-state index contributed by atoms with van der Waals surface area (Å²) in [5, 5.41) is 5.94. The summed E-state index contributed by atoms with van der Waals surface area (Å²) in [6, 6.07) is 35.6. The van der Waals surface area contributed by atoms with E-state index in [4.69, 9.17) is 5.10 Å². The number of nitrogens with zero attached hydrogens (tertiary/aromatic N) is 3. The monoisotopic (exact) mass is 361 g/mol. The lowest BCUT2D eigenvalue weighted by Gasteiger charge is -2.36. The second-order valence-electron chi connectivity index (χ2n) is 6.80. The van der Waals surface area contributed by atoms with Gasteiger partial charge < -0.3 is 0 Å². The van der Waals surface area contributed by atoms with Crippen molar-refractivity contribution in [3.63, 3.8) is 0 Å². The van der Waals surface area contributed by atoms with Gasteiger partial charge in [-0.15, -0.1) is 0 Å². The van der Waals surface area contributed by atoms with Gasteiger partial charge in [-0.1, -0.05) is 91.0 Å². The zero-order valence-electron chi connectivity index (χ0n) is 15.3. The summed E-state index contributed by atoms with van der Waals surface area (Å²) >= 11 is 0. The Labute approximate surface area is 163 Å². The number of aromatic nitrogens is 3. The fraction of sp³-hybridized carbons (Fsp3) is 0.0400. The fourth-order valence-corrected chi connectivity index (χ4v) is 3.96. The van der Waals surface area contributed by atoms with Crippen molar-refractivity contribution in [2.75, 3.05) is 0 Å². The minimum absolute atomic E-state index is 0.593. The highest BCUT2D eigenvalue weighted by Crippen LogP contribution is 2.40. The maximum atomic E-state index is 4.92. The lowest BCUT2D eigenvalue weighted by Crippen LogP contribution is -2.38. The molecule has 28 heavy (non-hydrogen) atoms. The van der Waals surface area contributed by atoms with Gasteiger partial charge in [-0.05, 0) is 28.8 Å². The number of hydrogen-bond acceptors (Lipinski definition) is 2. The second-order valence-corrected chi connectivity index (χ2v) is 6.80. The third-order valence-electron chi connectivity index (χ3n) is 5.20. The van der Waals surface area contributed by atoms with E-state index in [1.807, 2.05) is 24.3 Å². The molecule has 0 atom stereocenters. The molecule has 0 aliphatic carbocycles. The van der Waals surface area contributed by atoms with E-state index in [9.17, 15) is 0 Å². The number of hydrogen-bond donors (Lipinski definition) is 0. The molecule has 0 amide bonds. The highest BCUT2D eigenvalue weighted by molar-refractivity contribution is 5.74. The van der Waals surface area contributed by atoms with Crippen molar-refractivity contribution in [2.45, 2.75) is 5.54 Å². The minimum Gasteiger partial charge on any atom is -0.250 e. The van der Waals surface area contributed by atoms with Gasteiger partial charge in [0.15, 0.2) is 5.65 Å². The van der Waals surface area contributed by atoms with Crippen LogP contribution in [0.3, 0.4) is 0 Å². The Kier molecular flexibility index (Phi) is 3.99. The molecular formula is C25H19N3. The summed E-state index contributed by atoms with van der Waals surface area (Å²) < 4.78 is 2.06. The molecule has 0 aliphatic heterocycles. The second kappa shape index (κ2) is 6.78. The highest BCUT2D eigenvalue weighted by Gasteiger charge is 2.39. The van der Waals surface area contributed by atoms with E-state index >= 15 is 0 Å². The average molecular weight is 361 g/mol. The maximum absolute atomic E-state index is 4.92. The normalized spacial score (nSPS) is 11.6. The molecule has 0 saturated heterocycles. The lowest BCUT2D eigenvalue weighted by molar-refractivity contribution is 0.463. The summed E-state index contributed by atoms with van der Waals surface area (Å²) in [6.45, 7) is 0. The third-order valence-corrected chi connectivity index (χ3v) is 5.20. The standard InChI is InChI=1S/C25H19N3/c1-4-12-21(13-5-1)25(22-14-6-2-7-15-22,23-16-8-3-9-17-23)28-19-20-11-10-18-26-24(20)27-28/h1-19H. The summed E-state index contributed by atoms with van der Waals surface area (Å²) in [5.41, 5.74) is 3.61. The molecule has 0 unspecified atom stereocenters. The number of pyridine rings is 1. The Balaban J connectivity index is 1.92. The van der Waals surface area contributed by atoms with E-state index in [-0.39, 0.29) is 0 Å². The topological polar surface area (TPSA) is 30.7 Å². The van der Waals surface area contributed by atoms with Gasteiger partial charge in [0, 0.05) is 17.8 Å². The lowest BCUT2D eigenvalue weighted by atomic mass is 9.77. The van der Waals surface area contributed by atoms with Crippen LogP contribution in [-0.4, -0.2) is 14.8 Å². The van der Waals surface area contributed by atoms with Crippen molar-refractivity contribution in [2.24, 2.45) is 0 Å². The van der Waals surface area contributed by atoms with Gasteiger partial charge in [-0.25, -0.2) is 4.98 Å². The van der Waals surface area contributed by atoms with Gasteiger partial charge in [-0.2, -0.15) is 5.10 Å². The van der Waals surface area contributed by atoms with Gasteiger partial charge in [0.1, 0.15) is 5.54 Å². The molecule has 5 aromatic rings. The number of fused-ring (bicyclic) bond motifs is 1. The Morgan fingerprint density at radius 3 is 1.54 bits per heavy atom. The molecule has 2 heterocycles. The Bertz CT molecular complexity index is 1070. The fourth-order valence-electron chi connectivity index (χ4n) is 3.96. The van der Waals surface area contributed by atoms with E-state index in [1.165, 1.54) is 0 Å². The summed E-state index contributed by atoms with van der Waals surface area (Å²) in [7, 11) is 0. The summed E-state index contributed by atoms with van der Waals surface area (Å²) in [5.74, 6) is 0. The molecular weight excluding hydrogens is 342 g/mol. The summed E-state index contributed by atoms with van der Waals surface area (Å²) in [4.78, 5) is 4.46. The van der Waals surface area contributed by atoms with Crippen LogP contribution in [0.15, 0.2) is 116 Å². The van der Waals surface area contributed by atoms with Crippen molar-refractivity contribution in [1.82, 2.24) is 14.8 Å². The van der Waals surface area contributed by atoms with Gasteiger partial charge in [0.05, 0.1) is 0 Å². The van der Waals surface area contributed by atoms with Crippen LogP contribution < -0.4 is 0 Å². The highest BCUT2D eigenvalue weighted by atomic mass is 15.3. The van der Waals surface area contributed by atoms with Crippen molar-refractivity contribution in [3.8, 4) is 0 Å². The smallest absolute Gasteiger partial charge is 0.181 e. The first kappa shape index (κ1) is 16.5. The molecule has 3 heteroatoms. The van der Waals surface area contributed by atoms with Crippen molar-refractivity contribution in [3.05, 3.63) is 132 Å². The maximum Gasteiger partial charge on any atom is 0.181 e. The van der Waals surface area contributed by atoms with Crippen LogP contribution in [-0.2, 0) is 5.54 Å². The van der Waals surface area contributed by atoms with Crippen LogP contribution in [0.5, 0.6) is 0 Å². The molecule has 3 nitrogen and oxygen atoms in total. The van der Waals surface area contributed by atoms with E-state index in [1.54, 1.807) is 6.20 Å².